The molecule has 1 amide bonds. The minimum atomic E-state index is -0.110. The van der Waals surface area contributed by atoms with E-state index in [1.54, 1.807) is 6.20 Å². The van der Waals surface area contributed by atoms with Crippen molar-refractivity contribution in [1.82, 2.24) is 10.2 Å². The van der Waals surface area contributed by atoms with E-state index in [-0.39, 0.29) is 5.91 Å². The summed E-state index contributed by atoms with van der Waals surface area (Å²) in [6, 6.07) is 5.78. The maximum atomic E-state index is 12.2. The summed E-state index contributed by atoms with van der Waals surface area (Å²) < 4.78 is 0. The van der Waals surface area contributed by atoms with Crippen molar-refractivity contribution in [3.63, 3.8) is 0 Å². The molecule has 98 valence electrons. The number of hydrogen-bond donors (Lipinski definition) is 3. The Bertz CT molecular complexity index is 618. The summed E-state index contributed by atoms with van der Waals surface area (Å²) in [5.74, 6) is 0.543. The number of benzene rings is 1. The molecule has 0 saturated heterocycles. The number of carbonyl (C=O) groups excluding carboxylic acids is 1. The number of anilines is 2. The molecule has 3 N–H and O–H groups in total. The second-order valence-electron chi connectivity index (χ2n) is 4.78. The summed E-state index contributed by atoms with van der Waals surface area (Å²) >= 11 is 0. The zero-order valence-electron chi connectivity index (χ0n) is 10.8. The summed E-state index contributed by atoms with van der Waals surface area (Å²) in [5, 5.41) is 12.8. The molecule has 0 bridgehead atoms. The van der Waals surface area contributed by atoms with Crippen LogP contribution in [0.1, 0.15) is 27.9 Å². The van der Waals surface area contributed by atoms with E-state index in [9.17, 15) is 4.79 Å². The number of aryl methyl sites for hydroxylation is 2. The number of amides is 1. The van der Waals surface area contributed by atoms with Crippen molar-refractivity contribution in [3.05, 3.63) is 41.1 Å². The lowest BCUT2D eigenvalue weighted by molar-refractivity contribution is 0.102. The third kappa shape index (κ3) is 2.31. The highest BCUT2D eigenvalue weighted by atomic mass is 16.1. The van der Waals surface area contributed by atoms with Crippen LogP contribution >= 0.6 is 0 Å². The molecule has 1 aliphatic heterocycles. The van der Waals surface area contributed by atoms with Crippen LogP contribution in [0.15, 0.2) is 24.4 Å². The monoisotopic (exact) mass is 256 g/mol. The summed E-state index contributed by atoms with van der Waals surface area (Å²) in [6.07, 6.45) is 3.82. The molecule has 1 aliphatic rings. The molecule has 0 radical (unpaired) electrons. The van der Waals surface area contributed by atoms with Crippen molar-refractivity contribution < 1.29 is 4.79 Å². The standard InChI is InChI=1S/C14H16N4O/c1-9-8-16-18-13(9)17-14(19)11-4-5-12-10(7-11)3-2-6-15-12/h4-5,7-8,15H,2-3,6H2,1H3,(H2,16,17,18,19). The molecule has 3 rings (SSSR count). The Morgan fingerprint density at radius 3 is 3.11 bits per heavy atom. The molecule has 0 spiro atoms. The second-order valence-corrected chi connectivity index (χ2v) is 4.78. The maximum Gasteiger partial charge on any atom is 0.256 e. The van der Waals surface area contributed by atoms with E-state index in [2.05, 4.69) is 20.8 Å². The highest BCUT2D eigenvalue weighted by Crippen LogP contribution is 2.23. The number of carbonyl (C=O) groups is 1. The van der Waals surface area contributed by atoms with Gasteiger partial charge in [0, 0.05) is 23.4 Å². The van der Waals surface area contributed by atoms with Gasteiger partial charge in [0.25, 0.3) is 5.91 Å². The predicted octanol–water partition coefficient (Wildman–Crippen LogP) is 2.33. The van der Waals surface area contributed by atoms with Gasteiger partial charge in [-0.1, -0.05) is 0 Å². The first kappa shape index (κ1) is 11.8. The van der Waals surface area contributed by atoms with Gasteiger partial charge >= 0.3 is 0 Å². The average Bonchev–Trinajstić information content (AvgIpc) is 2.84. The summed E-state index contributed by atoms with van der Waals surface area (Å²) in [7, 11) is 0. The third-order valence-corrected chi connectivity index (χ3v) is 3.37. The van der Waals surface area contributed by atoms with Crippen molar-refractivity contribution in [3.8, 4) is 0 Å². The Balaban J connectivity index is 1.82. The highest BCUT2D eigenvalue weighted by molar-refractivity contribution is 6.04. The number of fused-ring (bicyclic) bond motifs is 1. The van der Waals surface area contributed by atoms with E-state index in [0.29, 0.717) is 11.4 Å². The van der Waals surface area contributed by atoms with Crippen molar-refractivity contribution in [2.24, 2.45) is 0 Å². The number of aromatic amines is 1. The van der Waals surface area contributed by atoms with Gasteiger partial charge in [0.05, 0.1) is 6.20 Å². The molecule has 2 aromatic rings. The van der Waals surface area contributed by atoms with Crippen molar-refractivity contribution >= 4 is 17.4 Å². The number of H-pyrrole nitrogens is 1. The normalized spacial score (nSPS) is 13.5. The molecule has 5 nitrogen and oxygen atoms in total. The Hall–Kier alpha value is -2.30. The minimum absolute atomic E-state index is 0.110. The quantitative estimate of drug-likeness (QED) is 0.772. The molecular weight excluding hydrogens is 240 g/mol. The van der Waals surface area contributed by atoms with E-state index in [1.807, 2.05) is 25.1 Å². The van der Waals surface area contributed by atoms with Gasteiger partial charge in [0.1, 0.15) is 5.82 Å². The molecule has 1 aromatic heterocycles. The Kier molecular flexibility index (Phi) is 2.95. The largest absolute Gasteiger partial charge is 0.385 e. The van der Waals surface area contributed by atoms with Crippen LogP contribution < -0.4 is 10.6 Å². The van der Waals surface area contributed by atoms with Gasteiger partial charge in [-0.2, -0.15) is 5.10 Å². The number of rotatable bonds is 2. The van der Waals surface area contributed by atoms with E-state index < -0.39 is 0 Å². The van der Waals surface area contributed by atoms with Gasteiger partial charge < -0.3 is 10.6 Å². The fourth-order valence-corrected chi connectivity index (χ4v) is 2.27. The van der Waals surface area contributed by atoms with Crippen molar-refractivity contribution in [2.75, 3.05) is 17.2 Å². The Labute approximate surface area is 111 Å². The van der Waals surface area contributed by atoms with Crippen molar-refractivity contribution in [2.45, 2.75) is 19.8 Å². The Morgan fingerprint density at radius 2 is 2.32 bits per heavy atom. The molecule has 0 saturated carbocycles. The van der Waals surface area contributed by atoms with Crippen LogP contribution in [0.4, 0.5) is 11.5 Å². The van der Waals surface area contributed by atoms with Gasteiger partial charge in [-0.3, -0.25) is 9.89 Å². The Morgan fingerprint density at radius 1 is 1.42 bits per heavy atom. The molecule has 19 heavy (non-hydrogen) atoms. The molecule has 0 aliphatic carbocycles. The van der Waals surface area contributed by atoms with Gasteiger partial charge in [-0.15, -0.1) is 0 Å². The van der Waals surface area contributed by atoms with Crippen LogP contribution in [0.2, 0.25) is 0 Å². The third-order valence-electron chi connectivity index (χ3n) is 3.37. The zero-order chi connectivity index (χ0) is 13.2. The first-order valence-electron chi connectivity index (χ1n) is 6.42. The SMILES string of the molecule is Cc1cn[nH]c1NC(=O)c1ccc2c(c1)CCCN2. The summed E-state index contributed by atoms with van der Waals surface area (Å²) in [6.45, 7) is 2.90. The van der Waals surface area contributed by atoms with Crippen LogP contribution in [0.5, 0.6) is 0 Å². The summed E-state index contributed by atoms with van der Waals surface area (Å²) in [4.78, 5) is 12.2. The smallest absolute Gasteiger partial charge is 0.256 e. The first-order chi connectivity index (χ1) is 9.24. The second kappa shape index (κ2) is 4.76. The van der Waals surface area contributed by atoms with Crippen molar-refractivity contribution in [1.29, 1.82) is 0 Å². The van der Waals surface area contributed by atoms with Gasteiger partial charge in [-0.25, -0.2) is 0 Å². The molecular formula is C14H16N4O. The average molecular weight is 256 g/mol. The lowest BCUT2D eigenvalue weighted by Crippen LogP contribution is -2.16. The van der Waals surface area contributed by atoms with Crippen LogP contribution in [0.25, 0.3) is 0 Å². The highest BCUT2D eigenvalue weighted by Gasteiger charge is 2.13. The van der Waals surface area contributed by atoms with E-state index >= 15 is 0 Å². The fourth-order valence-electron chi connectivity index (χ4n) is 2.27. The lowest BCUT2D eigenvalue weighted by atomic mass is 10.0. The molecule has 1 aromatic carbocycles. The minimum Gasteiger partial charge on any atom is -0.385 e. The molecule has 2 heterocycles. The number of aromatic nitrogens is 2. The molecule has 5 heteroatoms. The topological polar surface area (TPSA) is 69.8 Å². The fraction of sp³-hybridized carbons (Fsp3) is 0.286. The van der Waals surface area contributed by atoms with E-state index in [0.717, 1.165) is 30.6 Å². The van der Waals surface area contributed by atoms with E-state index in [1.165, 1.54) is 5.56 Å². The molecule has 0 unspecified atom stereocenters. The van der Waals surface area contributed by atoms with Crippen LogP contribution in [0, 0.1) is 6.92 Å². The van der Waals surface area contributed by atoms with Gasteiger partial charge in [-0.05, 0) is 43.5 Å². The van der Waals surface area contributed by atoms with Gasteiger partial charge in [0.15, 0.2) is 0 Å². The summed E-state index contributed by atoms with van der Waals surface area (Å²) in [5.41, 5.74) is 3.95. The van der Waals surface area contributed by atoms with Crippen LogP contribution in [-0.2, 0) is 6.42 Å². The number of nitrogens with one attached hydrogen (secondary N) is 3. The zero-order valence-corrected chi connectivity index (χ0v) is 10.8. The molecule has 0 atom stereocenters. The lowest BCUT2D eigenvalue weighted by Gasteiger charge is -2.18. The van der Waals surface area contributed by atoms with Gasteiger partial charge in [0.2, 0.25) is 0 Å². The van der Waals surface area contributed by atoms with Crippen LogP contribution in [-0.4, -0.2) is 22.6 Å². The molecule has 0 fully saturated rings. The maximum absolute atomic E-state index is 12.2. The first-order valence-corrected chi connectivity index (χ1v) is 6.42. The van der Waals surface area contributed by atoms with E-state index in [4.69, 9.17) is 0 Å². The number of nitrogens with zero attached hydrogens (tertiary/aromatic N) is 1. The van der Waals surface area contributed by atoms with Crippen LogP contribution in [0.3, 0.4) is 0 Å². The number of hydrogen-bond acceptors (Lipinski definition) is 3. The predicted molar refractivity (Wildman–Crippen MR) is 74.5 cm³/mol.